The van der Waals surface area contributed by atoms with Crippen LogP contribution in [0, 0.1) is 5.82 Å². The first-order valence-electron chi connectivity index (χ1n) is 9.93. The van der Waals surface area contributed by atoms with Gasteiger partial charge in [0.15, 0.2) is 17.5 Å². The molecule has 1 amide bonds. The second-order valence-corrected chi connectivity index (χ2v) is 7.35. The average molecular weight is 425 g/mol. The number of anilines is 1. The van der Waals surface area contributed by atoms with Crippen molar-refractivity contribution < 1.29 is 23.1 Å². The Morgan fingerprint density at radius 2 is 2.13 bits per heavy atom. The fourth-order valence-electron chi connectivity index (χ4n) is 3.87. The van der Waals surface area contributed by atoms with Crippen LogP contribution in [0.15, 0.2) is 28.7 Å². The molecule has 0 radical (unpaired) electrons. The molecule has 1 atom stereocenters. The maximum absolute atomic E-state index is 14.6. The van der Waals surface area contributed by atoms with Gasteiger partial charge in [-0.1, -0.05) is 6.92 Å². The van der Waals surface area contributed by atoms with Crippen molar-refractivity contribution in [1.29, 1.82) is 0 Å². The number of aryl methyl sites for hydroxylation is 1. The quantitative estimate of drug-likeness (QED) is 0.502. The van der Waals surface area contributed by atoms with E-state index in [1.165, 1.54) is 6.07 Å². The van der Waals surface area contributed by atoms with Crippen molar-refractivity contribution >= 4 is 34.1 Å². The Balaban J connectivity index is 1.68. The predicted octanol–water partition coefficient (Wildman–Crippen LogP) is 2.99. The van der Waals surface area contributed by atoms with Gasteiger partial charge in [-0.15, -0.1) is 0 Å². The van der Waals surface area contributed by atoms with Gasteiger partial charge in [0.2, 0.25) is 0 Å². The SMILES string of the molecule is CC[C@H](Oc1cc2c3c(c1)nc(-c1cc(F)c4oc(N)nc4c1)n3CCCO2)C(N)=O. The number of hydrogen-bond acceptors (Lipinski definition) is 7. The average Bonchev–Trinajstić information content (AvgIpc) is 3.21. The van der Waals surface area contributed by atoms with Crippen molar-refractivity contribution in [2.45, 2.75) is 32.4 Å². The van der Waals surface area contributed by atoms with E-state index in [0.29, 0.717) is 53.5 Å². The molecule has 2 aromatic heterocycles. The van der Waals surface area contributed by atoms with Crippen LogP contribution in [-0.2, 0) is 11.3 Å². The molecular weight excluding hydrogens is 405 g/mol. The van der Waals surface area contributed by atoms with Crippen LogP contribution in [0.3, 0.4) is 0 Å². The molecule has 2 aromatic carbocycles. The summed E-state index contributed by atoms with van der Waals surface area (Å²) >= 11 is 0. The third kappa shape index (κ3) is 3.20. The van der Waals surface area contributed by atoms with E-state index in [1.54, 1.807) is 18.2 Å². The number of oxazole rings is 1. The second-order valence-electron chi connectivity index (χ2n) is 7.35. The summed E-state index contributed by atoms with van der Waals surface area (Å²) in [6, 6.07) is 6.38. The van der Waals surface area contributed by atoms with E-state index in [-0.39, 0.29) is 11.6 Å². The smallest absolute Gasteiger partial charge is 0.293 e. The molecule has 1 aliphatic heterocycles. The van der Waals surface area contributed by atoms with Crippen LogP contribution >= 0.6 is 0 Å². The van der Waals surface area contributed by atoms with Crippen molar-refractivity contribution in [2.24, 2.45) is 5.73 Å². The molecule has 9 nitrogen and oxygen atoms in total. The number of amides is 1. The number of fused-ring (bicyclic) bond motifs is 1. The molecule has 160 valence electrons. The van der Waals surface area contributed by atoms with Crippen LogP contribution < -0.4 is 20.9 Å². The zero-order chi connectivity index (χ0) is 21.7. The fourth-order valence-corrected chi connectivity index (χ4v) is 3.87. The first-order chi connectivity index (χ1) is 14.9. The first-order valence-corrected chi connectivity index (χ1v) is 9.93. The van der Waals surface area contributed by atoms with Gasteiger partial charge in [-0.3, -0.25) is 4.79 Å². The van der Waals surface area contributed by atoms with E-state index in [9.17, 15) is 9.18 Å². The van der Waals surface area contributed by atoms with Gasteiger partial charge in [-0.2, -0.15) is 4.98 Å². The van der Waals surface area contributed by atoms with Crippen molar-refractivity contribution in [3.05, 3.63) is 30.1 Å². The highest BCUT2D eigenvalue weighted by Gasteiger charge is 2.23. The number of carbonyl (C=O) groups excluding carboxylic acids is 1. The van der Waals surface area contributed by atoms with Gasteiger partial charge < -0.3 is 29.9 Å². The second kappa shape index (κ2) is 7.15. The molecule has 4 aromatic rings. The molecule has 31 heavy (non-hydrogen) atoms. The number of halogens is 1. The Hall–Kier alpha value is -3.82. The molecule has 0 unspecified atom stereocenters. The van der Waals surface area contributed by atoms with Gasteiger partial charge >= 0.3 is 0 Å². The molecule has 0 saturated heterocycles. The van der Waals surface area contributed by atoms with E-state index in [1.807, 2.05) is 11.5 Å². The lowest BCUT2D eigenvalue weighted by molar-refractivity contribution is -0.124. The monoisotopic (exact) mass is 425 g/mol. The number of nitrogens with two attached hydrogens (primary N) is 2. The summed E-state index contributed by atoms with van der Waals surface area (Å²) in [6.45, 7) is 2.95. The molecular formula is C21H20FN5O4. The molecule has 5 rings (SSSR count). The summed E-state index contributed by atoms with van der Waals surface area (Å²) in [7, 11) is 0. The maximum atomic E-state index is 14.6. The number of nitrogen functional groups attached to an aromatic ring is 1. The molecule has 0 saturated carbocycles. The number of primary amides is 1. The Morgan fingerprint density at radius 1 is 1.29 bits per heavy atom. The van der Waals surface area contributed by atoms with Crippen LogP contribution in [0.2, 0.25) is 0 Å². The van der Waals surface area contributed by atoms with Crippen molar-refractivity contribution in [3.63, 3.8) is 0 Å². The third-order valence-electron chi connectivity index (χ3n) is 5.25. The zero-order valence-electron chi connectivity index (χ0n) is 16.7. The molecule has 0 bridgehead atoms. The number of carbonyl (C=O) groups is 1. The van der Waals surface area contributed by atoms with Crippen LogP contribution in [0.25, 0.3) is 33.5 Å². The third-order valence-corrected chi connectivity index (χ3v) is 5.25. The van der Waals surface area contributed by atoms with Crippen molar-refractivity contribution in [3.8, 4) is 22.9 Å². The van der Waals surface area contributed by atoms with E-state index in [2.05, 4.69) is 4.98 Å². The molecule has 0 spiro atoms. The molecule has 4 N–H and O–H groups in total. The number of hydrogen-bond donors (Lipinski definition) is 2. The van der Waals surface area contributed by atoms with Gasteiger partial charge in [0, 0.05) is 24.2 Å². The highest BCUT2D eigenvalue weighted by molar-refractivity contribution is 5.89. The van der Waals surface area contributed by atoms with Crippen molar-refractivity contribution in [1.82, 2.24) is 14.5 Å². The Kier molecular flexibility index (Phi) is 4.42. The standard InChI is InChI=1S/C21H20FN5O4/c1-2-15(19(23)28)30-11-8-13-17-16(9-11)29-5-3-4-27(17)20(25-13)10-6-12(22)18-14(7-10)26-21(24)31-18/h6-9,15H,2-5H2,1H3,(H2,23,28)(H2,24,26)/t15-/m0/s1. The molecule has 1 aliphatic rings. The molecule has 0 aliphatic carbocycles. The van der Waals surface area contributed by atoms with Gasteiger partial charge in [0.1, 0.15) is 28.4 Å². The van der Waals surface area contributed by atoms with E-state index < -0.39 is 17.8 Å². The summed E-state index contributed by atoms with van der Waals surface area (Å²) in [6.07, 6.45) is 0.416. The Bertz CT molecular complexity index is 1330. The fraction of sp³-hybridized carbons (Fsp3) is 0.286. The summed E-state index contributed by atoms with van der Waals surface area (Å²) < 4.78 is 33.4. The predicted molar refractivity (Wildman–Crippen MR) is 111 cm³/mol. The topological polar surface area (TPSA) is 131 Å². The number of ether oxygens (including phenoxy) is 2. The van der Waals surface area contributed by atoms with Crippen LogP contribution in [0.5, 0.6) is 11.5 Å². The lowest BCUT2D eigenvalue weighted by Crippen LogP contribution is -2.32. The number of benzene rings is 2. The largest absolute Gasteiger partial charge is 0.491 e. The maximum Gasteiger partial charge on any atom is 0.293 e. The van der Waals surface area contributed by atoms with E-state index >= 15 is 0 Å². The lowest BCUT2D eigenvalue weighted by atomic mass is 10.2. The van der Waals surface area contributed by atoms with Crippen LogP contribution in [0.1, 0.15) is 19.8 Å². The summed E-state index contributed by atoms with van der Waals surface area (Å²) in [5.41, 5.74) is 13.2. The van der Waals surface area contributed by atoms with Gasteiger partial charge in [0.25, 0.3) is 11.9 Å². The Labute approximate surface area is 175 Å². The number of aromatic nitrogens is 3. The molecule has 3 heterocycles. The van der Waals surface area contributed by atoms with Gasteiger partial charge in [-0.05, 0) is 25.0 Å². The summed E-state index contributed by atoms with van der Waals surface area (Å²) in [5, 5.41) is 0. The summed E-state index contributed by atoms with van der Waals surface area (Å²) in [4.78, 5) is 20.3. The van der Waals surface area contributed by atoms with Crippen LogP contribution in [0.4, 0.5) is 10.4 Å². The minimum Gasteiger partial charge on any atom is -0.491 e. The van der Waals surface area contributed by atoms with Gasteiger partial charge in [-0.25, -0.2) is 9.37 Å². The normalized spacial score (nSPS) is 14.4. The molecule has 0 fully saturated rings. The van der Waals surface area contributed by atoms with Crippen LogP contribution in [-0.4, -0.2) is 33.2 Å². The first kappa shape index (κ1) is 19.2. The highest BCUT2D eigenvalue weighted by atomic mass is 19.1. The zero-order valence-corrected chi connectivity index (χ0v) is 16.7. The Morgan fingerprint density at radius 3 is 2.90 bits per heavy atom. The minimum absolute atomic E-state index is 0.00463. The number of rotatable bonds is 5. The van der Waals surface area contributed by atoms with E-state index in [4.69, 9.17) is 30.3 Å². The summed E-state index contributed by atoms with van der Waals surface area (Å²) in [5.74, 6) is 0.449. The molecule has 10 heteroatoms. The minimum atomic E-state index is -0.758. The lowest BCUT2D eigenvalue weighted by Gasteiger charge is -2.15. The van der Waals surface area contributed by atoms with Crippen molar-refractivity contribution in [2.75, 3.05) is 12.3 Å². The number of imidazole rings is 1. The van der Waals surface area contributed by atoms with E-state index in [0.717, 1.165) is 11.9 Å². The van der Waals surface area contributed by atoms with Gasteiger partial charge in [0.05, 0.1) is 12.1 Å². The highest BCUT2D eigenvalue weighted by Crippen LogP contribution is 2.38. The number of nitrogens with zero attached hydrogens (tertiary/aromatic N) is 3.